The topological polar surface area (TPSA) is 59.0 Å². The summed E-state index contributed by atoms with van der Waals surface area (Å²) in [5.74, 6) is 5.25. The molecule has 4 aromatic rings. The van der Waals surface area contributed by atoms with E-state index in [4.69, 9.17) is 35.3 Å². The van der Waals surface area contributed by atoms with Gasteiger partial charge in [-0.2, -0.15) is 0 Å². The molecule has 1 aromatic heterocycles. The van der Waals surface area contributed by atoms with Crippen molar-refractivity contribution in [1.29, 1.82) is 0 Å². The van der Waals surface area contributed by atoms with Crippen molar-refractivity contribution in [3.8, 4) is 28.7 Å². The molecule has 8 heteroatoms. The second-order valence-electron chi connectivity index (χ2n) is 17.0. The van der Waals surface area contributed by atoms with Gasteiger partial charge in [-0.1, -0.05) is 85.2 Å². The molecule has 0 aliphatic heterocycles. The van der Waals surface area contributed by atoms with Crippen molar-refractivity contribution in [3.05, 3.63) is 106 Å². The third-order valence-electron chi connectivity index (χ3n) is 7.92. The summed E-state index contributed by atoms with van der Waals surface area (Å²) in [5, 5.41) is 0.790. The molecule has 0 fully saturated rings. The molecule has 0 N–H and O–H groups in total. The Bertz CT molecular complexity index is 1730. The minimum absolute atomic E-state index is 0.00870. The highest BCUT2D eigenvalue weighted by Crippen LogP contribution is 2.31. The lowest BCUT2D eigenvalue weighted by Gasteiger charge is -2.21. The fraction of sp³-hybridized carbons (Fsp3) is 0.531. The SMILES string of the molecule is CC(C)Oc1ccc(C(C)C)c(Cl)c1.CC(C)Oc1ccc(C(C)C)cc1F.CC(C)c1ccc(OC(C)(C)C)cn1.COc1cc(OC(C)C)ccc1C(C)C. The molecule has 0 radical (unpaired) electrons. The number of halogens is 2. The van der Waals surface area contributed by atoms with E-state index < -0.39 is 0 Å². The molecule has 3 aromatic carbocycles. The number of rotatable bonds is 12. The smallest absolute Gasteiger partial charge is 0.165 e. The lowest BCUT2D eigenvalue weighted by Crippen LogP contribution is -2.23. The zero-order valence-electron chi connectivity index (χ0n) is 38.2. The highest BCUT2D eigenvalue weighted by molar-refractivity contribution is 6.31. The van der Waals surface area contributed by atoms with Crippen molar-refractivity contribution < 1.29 is 28.1 Å². The van der Waals surface area contributed by atoms with E-state index in [2.05, 4.69) is 52.6 Å². The molecule has 0 amide bonds. The number of ether oxygens (including phenoxy) is 5. The molecule has 1 heterocycles. The molecule has 6 nitrogen and oxygen atoms in total. The van der Waals surface area contributed by atoms with Crippen LogP contribution in [0.3, 0.4) is 0 Å². The zero-order chi connectivity index (χ0) is 43.6. The molecule has 0 saturated heterocycles. The predicted molar refractivity (Wildman–Crippen MR) is 239 cm³/mol. The third-order valence-corrected chi connectivity index (χ3v) is 8.25. The first-order valence-corrected chi connectivity index (χ1v) is 20.7. The van der Waals surface area contributed by atoms with Crippen molar-refractivity contribution in [2.24, 2.45) is 0 Å². The van der Waals surface area contributed by atoms with E-state index in [-0.39, 0.29) is 29.7 Å². The van der Waals surface area contributed by atoms with Gasteiger partial charge in [0.2, 0.25) is 0 Å². The standard InChI is InChI=1S/C13H20O2.C12H17ClO.C12H17FO.C12H19NO/c1-9(2)12-7-6-11(15-10(3)4)8-13(12)14-5;1-8(2)11-6-5-10(7-12(11)13)14-9(3)4;1-8(2)10-5-6-12(11(13)7-10)14-9(3)4;1-9(2)11-7-6-10(8-13-11)14-12(3,4)5/h6-10H,1-5H3;2*5-9H,1-4H3;6-9H,1-5H3. The maximum absolute atomic E-state index is 13.4. The number of benzene rings is 3. The number of nitrogens with zero attached hydrogens (tertiary/aromatic N) is 1. The average Bonchev–Trinajstić information content (AvgIpc) is 3.08. The molecule has 0 spiro atoms. The van der Waals surface area contributed by atoms with Gasteiger partial charge in [-0.05, 0) is 145 Å². The van der Waals surface area contributed by atoms with Crippen LogP contribution in [0, 0.1) is 5.82 Å². The Morgan fingerprint density at radius 2 is 1.05 bits per heavy atom. The van der Waals surface area contributed by atoms with E-state index in [1.54, 1.807) is 25.4 Å². The molecule has 0 atom stereocenters. The highest BCUT2D eigenvalue weighted by atomic mass is 35.5. The van der Waals surface area contributed by atoms with Crippen LogP contribution >= 0.6 is 11.6 Å². The third kappa shape index (κ3) is 20.3. The first kappa shape index (κ1) is 51.0. The number of pyridine rings is 1. The van der Waals surface area contributed by atoms with E-state index in [9.17, 15) is 4.39 Å². The van der Waals surface area contributed by atoms with E-state index in [0.29, 0.717) is 29.4 Å². The molecular formula is C49H73ClFNO5. The van der Waals surface area contributed by atoms with Crippen LogP contribution in [0.4, 0.5) is 4.39 Å². The van der Waals surface area contributed by atoms with Gasteiger partial charge >= 0.3 is 0 Å². The van der Waals surface area contributed by atoms with Gasteiger partial charge in [0.05, 0.1) is 31.6 Å². The molecule has 0 aliphatic rings. The molecule has 0 unspecified atom stereocenters. The summed E-state index contributed by atoms with van der Waals surface area (Å²) in [6.45, 7) is 34.8. The second kappa shape index (κ2) is 24.7. The summed E-state index contributed by atoms with van der Waals surface area (Å²) >= 11 is 6.13. The number of methoxy groups -OCH3 is 1. The van der Waals surface area contributed by atoms with E-state index in [1.165, 1.54) is 11.1 Å². The maximum atomic E-state index is 13.4. The van der Waals surface area contributed by atoms with Crippen LogP contribution in [-0.2, 0) is 0 Å². The minimum atomic E-state index is -0.273. The Labute approximate surface area is 350 Å². The van der Waals surface area contributed by atoms with Crippen molar-refractivity contribution in [3.63, 3.8) is 0 Å². The predicted octanol–water partition coefficient (Wildman–Crippen LogP) is 15.0. The summed E-state index contributed by atoms with van der Waals surface area (Å²) in [6, 6.07) is 21.1. The maximum Gasteiger partial charge on any atom is 0.165 e. The molecule has 0 bridgehead atoms. The average molecular weight is 811 g/mol. The quantitative estimate of drug-likeness (QED) is 0.142. The zero-order valence-corrected chi connectivity index (χ0v) is 39.0. The highest BCUT2D eigenvalue weighted by Gasteiger charge is 2.13. The molecular weight excluding hydrogens is 737 g/mol. The van der Waals surface area contributed by atoms with Crippen LogP contribution in [0.1, 0.15) is 164 Å². The van der Waals surface area contributed by atoms with Gasteiger partial charge in [-0.3, -0.25) is 4.98 Å². The molecule has 0 aliphatic carbocycles. The van der Waals surface area contributed by atoms with Crippen molar-refractivity contribution in [2.45, 2.75) is 165 Å². The second-order valence-corrected chi connectivity index (χ2v) is 17.4. The molecule has 318 valence electrons. The largest absolute Gasteiger partial charge is 0.496 e. The Hall–Kier alpha value is -3.97. The van der Waals surface area contributed by atoms with Crippen molar-refractivity contribution in [1.82, 2.24) is 4.98 Å². The van der Waals surface area contributed by atoms with Gasteiger partial charge in [0.1, 0.15) is 28.6 Å². The van der Waals surface area contributed by atoms with Crippen LogP contribution in [0.5, 0.6) is 28.7 Å². The number of hydrogen-bond acceptors (Lipinski definition) is 6. The van der Waals surface area contributed by atoms with Crippen LogP contribution in [0.25, 0.3) is 0 Å². The Kier molecular flexibility index (Phi) is 22.1. The number of aromatic nitrogens is 1. The monoisotopic (exact) mass is 810 g/mol. The van der Waals surface area contributed by atoms with Crippen molar-refractivity contribution >= 4 is 11.6 Å². The first-order valence-electron chi connectivity index (χ1n) is 20.4. The van der Waals surface area contributed by atoms with E-state index in [1.807, 2.05) is 125 Å². The van der Waals surface area contributed by atoms with Crippen LogP contribution < -0.4 is 23.7 Å². The Balaban J connectivity index is 0.000000380. The van der Waals surface area contributed by atoms with Gasteiger partial charge < -0.3 is 23.7 Å². The minimum Gasteiger partial charge on any atom is -0.496 e. The summed E-state index contributed by atoms with van der Waals surface area (Å²) in [4.78, 5) is 4.34. The summed E-state index contributed by atoms with van der Waals surface area (Å²) < 4.78 is 40.9. The van der Waals surface area contributed by atoms with Crippen molar-refractivity contribution in [2.75, 3.05) is 7.11 Å². The molecule has 0 saturated carbocycles. The van der Waals surface area contributed by atoms with Gasteiger partial charge in [-0.25, -0.2) is 4.39 Å². The fourth-order valence-electron chi connectivity index (χ4n) is 5.21. The van der Waals surface area contributed by atoms with Gasteiger partial charge in [0.15, 0.2) is 11.6 Å². The van der Waals surface area contributed by atoms with Gasteiger partial charge in [0, 0.05) is 16.8 Å². The lowest BCUT2D eigenvalue weighted by molar-refractivity contribution is 0.130. The number of hydrogen-bond donors (Lipinski definition) is 0. The Morgan fingerprint density at radius 3 is 1.44 bits per heavy atom. The lowest BCUT2D eigenvalue weighted by atomic mass is 10.0. The first-order chi connectivity index (χ1) is 26.4. The summed E-state index contributed by atoms with van der Waals surface area (Å²) in [7, 11) is 1.69. The van der Waals surface area contributed by atoms with Crippen LogP contribution in [0.15, 0.2) is 72.9 Å². The van der Waals surface area contributed by atoms with E-state index in [0.717, 1.165) is 39.3 Å². The van der Waals surface area contributed by atoms with Crippen LogP contribution in [-0.4, -0.2) is 36.0 Å². The summed E-state index contributed by atoms with van der Waals surface area (Å²) in [5.41, 5.74) is 4.34. The Morgan fingerprint density at radius 1 is 0.544 bits per heavy atom. The summed E-state index contributed by atoms with van der Waals surface area (Å²) in [6.07, 6.45) is 2.19. The fourth-order valence-corrected chi connectivity index (χ4v) is 5.60. The molecule has 57 heavy (non-hydrogen) atoms. The van der Waals surface area contributed by atoms with Gasteiger partial charge in [-0.15, -0.1) is 0 Å². The van der Waals surface area contributed by atoms with E-state index >= 15 is 0 Å². The normalized spacial score (nSPS) is 11.2. The van der Waals surface area contributed by atoms with Crippen LogP contribution in [0.2, 0.25) is 5.02 Å². The van der Waals surface area contributed by atoms with Gasteiger partial charge in [0.25, 0.3) is 0 Å². The molecule has 4 rings (SSSR count).